The highest BCUT2D eigenvalue weighted by atomic mass is 35.5. The second kappa shape index (κ2) is 5.76. The van der Waals surface area contributed by atoms with Gasteiger partial charge in [-0.25, -0.2) is 0 Å². The molecule has 108 valence electrons. The number of anilines is 3. The third kappa shape index (κ3) is 2.60. The molecule has 0 radical (unpaired) electrons. The predicted molar refractivity (Wildman–Crippen MR) is 86.5 cm³/mol. The van der Waals surface area contributed by atoms with Crippen LogP contribution in [0, 0.1) is 0 Å². The summed E-state index contributed by atoms with van der Waals surface area (Å²) >= 11 is 6.13. The standard InChI is InChI=1S/C16H16ClN3O/c17-11-6-7-13-15(10-11)20(9-3-8-18)14-5-2-1-4-12(14)16(21)19-13/h1-2,4-7,10H,3,8-9,18H2,(H,19,21). The number of halogens is 1. The Morgan fingerprint density at radius 1 is 1.14 bits per heavy atom. The minimum atomic E-state index is -0.107. The van der Waals surface area contributed by atoms with Gasteiger partial charge in [0.05, 0.1) is 22.6 Å². The fraction of sp³-hybridized carbons (Fsp3) is 0.188. The van der Waals surface area contributed by atoms with E-state index in [9.17, 15) is 4.79 Å². The monoisotopic (exact) mass is 301 g/mol. The van der Waals surface area contributed by atoms with E-state index >= 15 is 0 Å². The van der Waals surface area contributed by atoms with Gasteiger partial charge < -0.3 is 16.0 Å². The molecule has 0 unspecified atom stereocenters. The van der Waals surface area contributed by atoms with Crippen LogP contribution in [0.5, 0.6) is 0 Å². The summed E-state index contributed by atoms with van der Waals surface area (Å²) in [5, 5.41) is 3.58. The Hall–Kier alpha value is -2.04. The Balaban J connectivity index is 2.18. The molecule has 5 heteroatoms. The zero-order valence-corrected chi connectivity index (χ0v) is 12.2. The molecule has 0 fully saturated rings. The summed E-state index contributed by atoms with van der Waals surface area (Å²) in [6.07, 6.45) is 0.828. The van der Waals surface area contributed by atoms with Crippen LogP contribution in [0.2, 0.25) is 5.02 Å². The lowest BCUT2D eigenvalue weighted by Crippen LogP contribution is -2.21. The van der Waals surface area contributed by atoms with Gasteiger partial charge in [-0.2, -0.15) is 0 Å². The first-order valence-electron chi connectivity index (χ1n) is 6.88. The normalized spacial score (nSPS) is 13.2. The van der Waals surface area contributed by atoms with E-state index in [0.717, 1.165) is 30.0 Å². The molecule has 3 N–H and O–H groups in total. The summed E-state index contributed by atoms with van der Waals surface area (Å²) in [5.41, 5.74) is 8.84. The first-order valence-corrected chi connectivity index (χ1v) is 7.26. The van der Waals surface area contributed by atoms with Crippen LogP contribution in [0.25, 0.3) is 0 Å². The van der Waals surface area contributed by atoms with E-state index in [1.54, 1.807) is 6.07 Å². The number of rotatable bonds is 3. The maximum absolute atomic E-state index is 12.4. The molecule has 0 saturated heterocycles. The van der Waals surface area contributed by atoms with Gasteiger partial charge in [-0.3, -0.25) is 4.79 Å². The summed E-state index contributed by atoms with van der Waals surface area (Å²) in [6, 6.07) is 13.0. The molecule has 0 bridgehead atoms. The summed E-state index contributed by atoms with van der Waals surface area (Å²) < 4.78 is 0. The van der Waals surface area contributed by atoms with Crippen molar-refractivity contribution in [3.05, 3.63) is 53.1 Å². The van der Waals surface area contributed by atoms with Crippen molar-refractivity contribution < 1.29 is 4.79 Å². The van der Waals surface area contributed by atoms with E-state index < -0.39 is 0 Å². The van der Waals surface area contributed by atoms with Crippen molar-refractivity contribution in [3.63, 3.8) is 0 Å². The second-order valence-electron chi connectivity index (χ2n) is 4.93. The Bertz CT molecular complexity index is 687. The minimum Gasteiger partial charge on any atom is -0.339 e. The number of para-hydroxylation sites is 1. The van der Waals surface area contributed by atoms with Gasteiger partial charge in [0.25, 0.3) is 5.91 Å². The quantitative estimate of drug-likeness (QED) is 0.913. The Kier molecular flexibility index (Phi) is 3.82. The lowest BCUT2D eigenvalue weighted by atomic mass is 10.1. The maximum atomic E-state index is 12.4. The van der Waals surface area contributed by atoms with Crippen molar-refractivity contribution in [2.75, 3.05) is 23.3 Å². The number of nitrogens with two attached hydrogens (primary N) is 1. The lowest BCUT2D eigenvalue weighted by molar-refractivity contribution is 0.102. The first-order chi connectivity index (χ1) is 10.2. The lowest BCUT2D eigenvalue weighted by Gasteiger charge is -2.26. The van der Waals surface area contributed by atoms with Gasteiger partial charge in [-0.05, 0) is 43.3 Å². The minimum absolute atomic E-state index is 0.107. The summed E-state index contributed by atoms with van der Waals surface area (Å²) in [5.74, 6) is -0.107. The van der Waals surface area contributed by atoms with Crippen LogP contribution in [0.3, 0.4) is 0 Å². The summed E-state index contributed by atoms with van der Waals surface area (Å²) in [6.45, 7) is 1.33. The molecular weight excluding hydrogens is 286 g/mol. The highest BCUT2D eigenvalue weighted by molar-refractivity contribution is 6.31. The van der Waals surface area contributed by atoms with Gasteiger partial charge in [-0.15, -0.1) is 0 Å². The van der Waals surface area contributed by atoms with E-state index in [2.05, 4.69) is 10.2 Å². The number of nitrogens with zero attached hydrogens (tertiary/aromatic N) is 1. The fourth-order valence-corrected chi connectivity index (χ4v) is 2.71. The molecule has 21 heavy (non-hydrogen) atoms. The molecular formula is C16H16ClN3O. The third-order valence-electron chi connectivity index (χ3n) is 3.52. The largest absolute Gasteiger partial charge is 0.339 e. The molecule has 0 spiro atoms. The number of benzene rings is 2. The molecule has 1 aliphatic rings. The average molecular weight is 302 g/mol. The Morgan fingerprint density at radius 2 is 1.95 bits per heavy atom. The molecule has 3 rings (SSSR count). The molecule has 0 aromatic heterocycles. The van der Waals surface area contributed by atoms with Crippen LogP contribution in [-0.2, 0) is 0 Å². The van der Waals surface area contributed by atoms with Gasteiger partial charge in [0, 0.05) is 11.6 Å². The first kappa shape index (κ1) is 13.9. The van der Waals surface area contributed by atoms with E-state index in [0.29, 0.717) is 17.1 Å². The van der Waals surface area contributed by atoms with Crippen LogP contribution in [0.4, 0.5) is 17.1 Å². The number of carbonyl (C=O) groups is 1. The molecule has 2 aromatic carbocycles. The van der Waals surface area contributed by atoms with Crippen molar-refractivity contribution in [2.45, 2.75) is 6.42 Å². The molecule has 0 saturated carbocycles. The number of hydrogen-bond acceptors (Lipinski definition) is 3. The van der Waals surface area contributed by atoms with Crippen molar-refractivity contribution >= 4 is 34.6 Å². The van der Waals surface area contributed by atoms with E-state index in [-0.39, 0.29) is 5.91 Å². The number of amides is 1. The molecule has 1 amide bonds. The van der Waals surface area contributed by atoms with Crippen molar-refractivity contribution in [1.29, 1.82) is 0 Å². The Morgan fingerprint density at radius 3 is 2.76 bits per heavy atom. The molecule has 2 aromatic rings. The number of hydrogen-bond donors (Lipinski definition) is 2. The van der Waals surface area contributed by atoms with E-state index in [4.69, 9.17) is 17.3 Å². The molecule has 4 nitrogen and oxygen atoms in total. The van der Waals surface area contributed by atoms with Gasteiger partial charge in [-0.1, -0.05) is 23.7 Å². The predicted octanol–water partition coefficient (Wildman–Crippen LogP) is 3.39. The summed E-state index contributed by atoms with van der Waals surface area (Å²) in [4.78, 5) is 14.5. The van der Waals surface area contributed by atoms with Crippen LogP contribution >= 0.6 is 11.6 Å². The van der Waals surface area contributed by atoms with Crippen LogP contribution in [0.1, 0.15) is 16.8 Å². The van der Waals surface area contributed by atoms with Gasteiger partial charge in [0.15, 0.2) is 0 Å². The van der Waals surface area contributed by atoms with Crippen molar-refractivity contribution in [2.24, 2.45) is 5.73 Å². The van der Waals surface area contributed by atoms with Crippen LogP contribution < -0.4 is 16.0 Å². The van der Waals surface area contributed by atoms with Crippen LogP contribution in [-0.4, -0.2) is 19.0 Å². The smallest absolute Gasteiger partial charge is 0.257 e. The van der Waals surface area contributed by atoms with Gasteiger partial charge in [0.1, 0.15) is 0 Å². The molecule has 1 aliphatic heterocycles. The SMILES string of the molecule is NCCCN1c2cc(Cl)ccc2NC(=O)c2ccccc21. The number of nitrogens with one attached hydrogen (secondary N) is 1. The van der Waals surface area contributed by atoms with Crippen LogP contribution in [0.15, 0.2) is 42.5 Å². The average Bonchev–Trinajstić information content (AvgIpc) is 2.61. The molecule has 1 heterocycles. The highest BCUT2D eigenvalue weighted by Crippen LogP contribution is 2.39. The van der Waals surface area contributed by atoms with Crippen molar-refractivity contribution in [1.82, 2.24) is 0 Å². The fourth-order valence-electron chi connectivity index (χ4n) is 2.54. The summed E-state index contributed by atoms with van der Waals surface area (Å²) in [7, 11) is 0. The number of carbonyl (C=O) groups excluding carboxylic acids is 1. The molecule has 0 aliphatic carbocycles. The Labute approximate surface area is 128 Å². The second-order valence-corrected chi connectivity index (χ2v) is 5.36. The molecule has 0 atom stereocenters. The topological polar surface area (TPSA) is 58.4 Å². The highest BCUT2D eigenvalue weighted by Gasteiger charge is 2.24. The zero-order valence-electron chi connectivity index (χ0n) is 11.5. The van der Waals surface area contributed by atoms with Crippen molar-refractivity contribution in [3.8, 4) is 0 Å². The maximum Gasteiger partial charge on any atom is 0.257 e. The van der Waals surface area contributed by atoms with Gasteiger partial charge in [0.2, 0.25) is 0 Å². The van der Waals surface area contributed by atoms with Gasteiger partial charge >= 0.3 is 0 Å². The third-order valence-corrected chi connectivity index (χ3v) is 3.76. The van der Waals surface area contributed by atoms with E-state index in [1.165, 1.54) is 0 Å². The zero-order chi connectivity index (χ0) is 14.8. The number of fused-ring (bicyclic) bond motifs is 2. The van der Waals surface area contributed by atoms with E-state index in [1.807, 2.05) is 36.4 Å².